The second kappa shape index (κ2) is 4.81. The van der Waals surface area contributed by atoms with Crippen molar-refractivity contribution in [2.45, 2.75) is 12.7 Å². The monoisotopic (exact) mass is 275 g/mol. The van der Waals surface area contributed by atoms with Crippen molar-refractivity contribution in [3.8, 4) is 0 Å². The fraction of sp³-hybridized carbons (Fsp3) is 0.200. The van der Waals surface area contributed by atoms with Crippen molar-refractivity contribution in [2.75, 3.05) is 0 Å². The Morgan fingerprint density at radius 2 is 2.17 bits per heavy atom. The molecule has 0 unspecified atom stereocenters. The number of H-pyrrole nitrogens is 2. The van der Waals surface area contributed by atoms with Gasteiger partial charge in [0.05, 0.1) is 12.1 Å². The molecule has 0 atom stereocenters. The van der Waals surface area contributed by atoms with Gasteiger partial charge in [0.15, 0.2) is 5.69 Å². The van der Waals surface area contributed by atoms with Gasteiger partial charge >= 0.3 is 6.18 Å². The van der Waals surface area contributed by atoms with Crippen LogP contribution >= 0.6 is 11.3 Å². The minimum Gasteiger partial charge on any atom is -0.293 e. The third-order valence-electron chi connectivity index (χ3n) is 2.15. The van der Waals surface area contributed by atoms with Gasteiger partial charge in [-0.1, -0.05) is 6.07 Å². The van der Waals surface area contributed by atoms with Crippen LogP contribution in [0.2, 0.25) is 0 Å². The zero-order valence-electron chi connectivity index (χ0n) is 8.91. The summed E-state index contributed by atoms with van der Waals surface area (Å²) in [6.45, 7) is 0.250. The Labute approximate surface area is 103 Å². The molecular weight excluding hydrogens is 267 g/mol. The molecule has 0 fully saturated rings. The minimum atomic E-state index is -4.61. The molecule has 18 heavy (non-hydrogen) atoms. The van der Waals surface area contributed by atoms with Crippen LogP contribution in [0, 0.1) is 0 Å². The molecule has 0 aromatic carbocycles. The number of aromatic nitrogens is 2. The highest BCUT2D eigenvalue weighted by atomic mass is 32.1. The van der Waals surface area contributed by atoms with E-state index < -0.39 is 23.0 Å². The molecule has 0 aliphatic carbocycles. The Hall–Kier alpha value is -1.83. The van der Waals surface area contributed by atoms with E-state index in [0.717, 1.165) is 11.1 Å². The van der Waals surface area contributed by atoms with Gasteiger partial charge < -0.3 is 0 Å². The zero-order valence-corrected chi connectivity index (χ0v) is 9.73. The lowest BCUT2D eigenvalue weighted by Gasteiger charge is -2.02. The van der Waals surface area contributed by atoms with Gasteiger partial charge in [-0.25, -0.2) is 0 Å². The highest BCUT2D eigenvalue weighted by Crippen LogP contribution is 2.28. The van der Waals surface area contributed by atoms with Crippen molar-refractivity contribution in [1.29, 1.82) is 0 Å². The third kappa shape index (κ3) is 2.70. The highest BCUT2D eigenvalue weighted by molar-refractivity contribution is 7.09. The van der Waals surface area contributed by atoms with E-state index in [1.54, 1.807) is 5.10 Å². The van der Waals surface area contributed by atoms with Crippen molar-refractivity contribution < 1.29 is 13.2 Å². The van der Waals surface area contributed by atoms with Gasteiger partial charge in [-0.2, -0.15) is 13.2 Å². The topological polar surface area (TPSA) is 61.0 Å². The minimum absolute atomic E-state index is 0.250. The maximum Gasteiger partial charge on any atom is 0.433 e. The van der Waals surface area contributed by atoms with Gasteiger partial charge in [0.1, 0.15) is 0 Å². The Morgan fingerprint density at radius 3 is 2.78 bits per heavy atom. The van der Waals surface area contributed by atoms with Gasteiger partial charge in [0.25, 0.3) is 5.56 Å². The molecule has 2 N–H and O–H groups in total. The number of aliphatic imine (C=N–C) groups is 1. The molecule has 0 radical (unpaired) electrons. The summed E-state index contributed by atoms with van der Waals surface area (Å²) >= 11 is 1.44. The van der Waals surface area contributed by atoms with Crippen LogP contribution in [0.15, 0.2) is 27.3 Å². The largest absolute Gasteiger partial charge is 0.433 e. The van der Waals surface area contributed by atoms with Crippen molar-refractivity contribution >= 4 is 17.6 Å². The molecule has 96 valence electrons. The molecule has 0 saturated heterocycles. The van der Waals surface area contributed by atoms with Crippen LogP contribution in [0.5, 0.6) is 0 Å². The van der Waals surface area contributed by atoms with Crippen LogP contribution in [0.4, 0.5) is 13.2 Å². The Bertz CT molecular complexity index is 595. The first kappa shape index (κ1) is 12.6. The van der Waals surface area contributed by atoms with Crippen molar-refractivity contribution in [1.82, 2.24) is 10.2 Å². The molecule has 2 rings (SSSR count). The van der Waals surface area contributed by atoms with Gasteiger partial charge in [0.2, 0.25) is 0 Å². The predicted molar refractivity (Wildman–Crippen MR) is 62.0 cm³/mol. The van der Waals surface area contributed by atoms with E-state index in [0.29, 0.717) is 0 Å². The maximum absolute atomic E-state index is 12.5. The van der Waals surface area contributed by atoms with Gasteiger partial charge in [-0.3, -0.25) is 20.0 Å². The fourth-order valence-corrected chi connectivity index (χ4v) is 1.98. The first-order valence-corrected chi connectivity index (χ1v) is 5.76. The van der Waals surface area contributed by atoms with Crippen molar-refractivity contribution in [3.63, 3.8) is 0 Å². The van der Waals surface area contributed by atoms with Crippen LogP contribution < -0.4 is 5.56 Å². The summed E-state index contributed by atoms with van der Waals surface area (Å²) in [6.07, 6.45) is -3.67. The molecule has 0 amide bonds. The SMILES string of the molecule is O=c1[nH][nH]c(C(F)(F)F)c1C=NCc1cccs1. The molecule has 0 bridgehead atoms. The standard InChI is InChI=1S/C10H8F3N3OS/c11-10(12,13)8-7(9(17)16-15-8)5-14-4-6-2-1-3-18-6/h1-3,5H,4H2,(H2,15,16,17). The lowest BCUT2D eigenvalue weighted by Crippen LogP contribution is -2.12. The molecule has 0 saturated carbocycles. The second-order valence-electron chi connectivity index (χ2n) is 3.41. The van der Waals surface area contributed by atoms with E-state index in [1.807, 2.05) is 22.6 Å². The summed E-state index contributed by atoms with van der Waals surface area (Å²) in [5.74, 6) is 0. The number of hydrogen-bond acceptors (Lipinski definition) is 3. The van der Waals surface area contributed by atoms with Crippen LogP contribution in [0.1, 0.15) is 16.1 Å². The summed E-state index contributed by atoms with van der Waals surface area (Å²) in [4.78, 5) is 15.9. The van der Waals surface area contributed by atoms with Crippen LogP contribution in [0.3, 0.4) is 0 Å². The normalized spacial score (nSPS) is 12.4. The number of nitrogens with one attached hydrogen (secondary N) is 2. The average molecular weight is 275 g/mol. The first-order chi connectivity index (χ1) is 8.48. The lowest BCUT2D eigenvalue weighted by molar-refractivity contribution is -0.141. The summed E-state index contributed by atoms with van der Waals surface area (Å²) in [7, 11) is 0. The number of alkyl halides is 3. The van der Waals surface area contributed by atoms with E-state index in [4.69, 9.17) is 0 Å². The molecule has 8 heteroatoms. The van der Waals surface area contributed by atoms with Gasteiger partial charge in [-0.15, -0.1) is 11.3 Å². The molecule has 2 aromatic rings. The second-order valence-corrected chi connectivity index (χ2v) is 4.45. The Kier molecular flexibility index (Phi) is 3.37. The molecule has 0 aliphatic heterocycles. The smallest absolute Gasteiger partial charge is 0.293 e. The summed E-state index contributed by atoms with van der Waals surface area (Å²) in [5.41, 5.74) is -2.45. The number of hydrogen-bond donors (Lipinski definition) is 2. The maximum atomic E-state index is 12.5. The molecular formula is C10H8F3N3OS. The lowest BCUT2D eigenvalue weighted by atomic mass is 10.2. The number of thiophene rings is 1. The third-order valence-corrected chi connectivity index (χ3v) is 3.01. The quantitative estimate of drug-likeness (QED) is 0.830. The highest BCUT2D eigenvalue weighted by Gasteiger charge is 2.36. The van der Waals surface area contributed by atoms with E-state index in [2.05, 4.69) is 4.99 Å². The number of rotatable bonds is 3. The van der Waals surface area contributed by atoms with E-state index in [9.17, 15) is 18.0 Å². The van der Waals surface area contributed by atoms with Crippen LogP contribution in [-0.4, -0.2) is 16.4 Å². The van der Waals surface area contributed by atoms with Crippen molar-refractivity contribution in [2.24, 2.45) is 4.99 Å². The van der Waals surface area contributed by atoms with Crippen LogP contribution in [0.25, 0.3) is 0 Å². The van der Waals surface area contributed by atoms with E-state index in [-0.39, 0.29) is 6.54 Å². The molecule has 0 spiro atoms. The van der Waals surface area contributed by atoms with E-state index in [1.165, 1.54) is 11.3 Å². The predicted octanol–water partition coefficient (Wildman–Crippen LogP) is 2.40. The van der Waals surface area contributed by atoms with Gasteiger partial charge in [-0.05, 0) is 11.4 Å². The summed E-state index contributed by atoms with van der Waals surface area (Å²) < 4.78 is 37.5. The van der Waals surface area contributed by atoms with Crippen LogP contribution in [-0.2, 0) is 12.7 Å². The molecule has 2 heterocycles. The number of aromatic amines is 2. The fourth-order valence-electron chi connectivity index (χ4n) is 1.34. The van der Waals surface area contributed by atoms with E-state index >= 15 is 0 Å². The summed E-state index contributed by atoms with van der Waals surface area (Å²) in [6, 6.07) is 3.63. The average Bonchev–Trinajstić information content (AvgIpc) is 2.88. The number of nitrogens with zero attached hydrogens (tertiary/aromatic N) is 1. The Balaban J connectivity index is 2.21. The molecule has 2 aromatic heterocycles. The summed E-state index contributed by atoms with van der Waals surface area (Å²) in [5, 5.41) is 5.55. The first-order valence-electron chi connectivity index (χ1n) is 4.88. The van der Waals surface area contributed by atoms with Crippen molar-refractivity contribution in [3.05, 3.63) is 44.0 Å². The molecule has 0 aliphatic rings. The Morgan fingerprint density at radius 1 is 1.39 bits per heavy atom. The zero-order chi connectivity index (χ0) is 13.2. The van der Waals surface area contributed by atoms with Gasteiger partial charge in [0, 0.05) is 11.1 Å². The number of halogens is 3. The molecule has 4 nitrogen and oxygen atoms in total.